The monoisotopic (exact) mass is 336 g/mol. The number of rotatable bonds is 3. The van der Waals surface area contributed by atoms with Gasteiger partial charge in [-0.1, -0.05) is 0 Å². The molecule has 0 saturated heterocycles. The first-order chi connectivity index (χ1) is 8.36. The lowest BCUT2D eigenvalue weighted by Gasteiger charge is -2.10. The summed E-state index contributed by atoms with van der Waals surface area (Å²) in [6.45, 7) is 0. The van der Waals surface area contributed by atoms with Crippen molar-refractivity contribution in [2.45, 2.75) is 30.6 Å². The molecule has 0 bridgehead atoms. The van der Waals surface area contributed by atoms with Crippen LogP contribution in [0, 0.1) is 0 Å². The van der Waals surface area contributed by atoms with E-state index in [0.29, 0.717) is 23.9 Å². The quantitative estimate of drug-likeness (QED) is 0.791. The molecule has 18 heavy (non-hydrogen) atoms. The van der Waals surface area contributed by atoms with Crippen molar-refractivity contribution in [3.63, 3.8) is 0 Å². The maximum Gasteiger partial charge on any atom is 0.374 e. The predicted octanol–water partition coefficient (Wildman–Crippen LogP) is 2.16. The van der Waals surface area contributed by atoms with E-state index < -0.39 is 21.1 Å². The lowest BCUT2D eigenvalue weighted by molar-refractivity contribution is 0.0281. The third-order valence-corrected chi connectivity index (χ3v) is 5.06. The summed E-state index contributed by atoms with van der Waals surface area (Å²) < 4.78 is 33.5. The van der Waals surface area contributed by atoms with Gasteiger partial charge in [-0.2, -0.15) is 0 Å². The number of carbonyl (C=O) groups is 1. The number of ether oxygens (including phenoxy) is 1. The lowest BCUT2D eigenvalue weighted by Crippen LogP contribution is -2.20. The van der Waals surface area contributed by atoms with Crippen molar-refractivity contribution < 1.29 is 22.4 Å². The molecule has 2 rings (SSSR count). The average Bonchev–Trinajstić information content (AvgIpc) is 2.85. The van der Waals surface area contributed by atoms with Gasteiger partial charge in [-0.15, -0.1) is 0 Å². The zero-order valence-electron chi connectivity index (χ0n) is 9.76. The summed E-state index contributed by atoms with van der Waals surface area (Å²) in [5.74, 6) is -0.440. The summed E-state index contributed by atoms with van der Waals surface area (Å²) in [4.78, 5) is 11.7. The Bertz CT molecular complexity index is 548. The van der Waals surface area contributed by atoms with Crippen molar-refractivity contribution in [2.75, 3.05) is 6.26 Å². The maximum atomic E-state index is 11.7. The standard InChI is InChI=1S/C11H13BrO5S/c1-18(14,15)8-3-2-7(6-8)16-11(13)9-4-5-10(12)17-9/h4-5,7-8H,2-3,6H2,1H3/t7-,8-/m0/s1. The van der Waals surface area contributed by atoms with Crippen LogP contribution < -0.4 is 0 Å². The van der Waals surface area contributed by atoms with E-state index >= 15 is 0 Å². The van der Waals surface area contributed by atoms with E-state index in [0.717, 1.165) is 0 Å². The number of sulfone groups is 1. The molecule has 0 aliphatic heterocycles. The molecule has 5 nitrogen and oxygen atoms in total. The molecule has 1 heterocycles. The van der Waals surface area contributed by atoms with Crippen LogP contribution in [0.25, 0.3) is 0 Å². The zero-order chi connectivity index (χ0) is 13.3. The molecule has 1 aliphatic rings. The number of esters is 1. The largest absolute Gasteiger partial charge is 0.456 e. The third kappa shape index (κ3) is 3.14. The Kier molecular flexibility index (Phi) is 3.82. The first-order valence-electron chi connectivity index (χ1n) is 5.51. The summed E-state index contributed by atoms with van der Waals surface area (Å²) in [5, 5.41) is -0.404. The first kappa shape index (κ1) is 13.6. The minimum atomic E-state index is -3.05. The molecule has 1 saturated carbocycles. The van der Waals surface area contributed by atoms with Crippen LogP contribution in [0.1, 0.15) is 29.8 Å². The van der Waals surface area contributed by atoms with Crippen LogP contribution in [0.5, 0.6) is 0 Å². The third-order valence-electron chi connectivity index (χ3n) is 2.99. The van der Waals surface area contributed by atoms with Crippen molar-refractivity contribution in [1.82, 2.24) is 0 Å². The van der Waals surface area contributed by atoms with Crippen molar-refractivity contribution in [3.05, 3.63) is 22.6 Å². The summed E-state index contributed by atoms with van der Waals surface area (Å²) in [7, 11) is -3.05. The van der Waals surface area contributed by atoms with Gasteiger partial charge in [0.1, 0.15) is 15.9 Å². The SMILES string of the molecule is CS(=O)(=O)[C@H]1CC[C@H](OC(=O)c2ccc(Br)o2)C1. The highest BCUT2D eigenvalue weighted by Crippen LogP contribution is 2.28. The van der Waals surface area contributed by atoms with E-state index in [1.165, 1.54) is 12.3 Å². The van der Waals surface area contributed by atoms with Gasteiger partial charge in [0, 0.05) is 12.7 Å². The average molecular weight is 337 g/mol. The van der Waals surface area contributed by atoms with Gasteiger partial charge in [0.2, 0.25) is 5.76 Å². The molecule has 7 heteroatoms. The molecule has 0 radical (unpaired) electrons. The number of carbonyl (C=O) groups excluding carboxylic acids is 1. The number of hydrogen-bond donors (Lipinski definition) is 0. The molecule has 0 amide bonds. The van der Waals surface area contributed by atoms with Gasteiger partial charge in [-0.05, 0) is 40.9 Å². The second-order valence-electron chi connectivity index (χ2n) is 4.40. The smallest absolute Gasteiger partial charge is 0.374 e. The highest BCUT2D eigenvalue weighted by atomic mass is 79.9. The topological polar surface area (TPSA) is 73.6 Å². The van der Waals surface area contributed by atoms with Crippen LogP contribution in [0.3, 0.4) is 0 Å². The number of furan rings is 1. The van der Waals surface area contributed by atoms with Crippen LogP contribution in [0.15, 0.2) is 21.2 Å². The second-order valence-corrected chi connectivity index (χ2v) is 7.50. The Morgan fingerprint density at radius 2 is 2.17 bits per heavy atom. The second kappa shape index (κ2) is 5.05. The van der Waals surface area contributed by atoms with Gasteiger partial charge >= 0.3 is 5.97 Å². The minimum Gasteiger partial charge on any atom is -0.456 e. The van der Waals surface area contributed by atoms with Gasteiger partial charge in [-0.3, -0.25) is 0 Å². The summed E-state index contributed by atoms with van der Waals surface area (Å²) >= 11 is 3.10. The normalized spacial score (nSPS) is 24.1. The molecule has 0 spiro atoms. The molecule has 1 aromatic heterocycles. The van der Waals surface area contributed by atoms with Gasteiger partial charge < -0.3 is 9.15 Å². The van der Waals surface area contributed by atoms with Gasteiger partial charge in [0.15, 0.2) is 4.67 Å². The summed E-state index contributed by atoms with van der Waals surface area (Å²) in [6, 6.07) is 3.11. The van der Waals surface area contributed by atoms with Crippen molar-refractivity contribution >= 4 is 31.7 Å². The minimum absolute atomic E-state index is 0.115. The van der Waals surface area contributed by atoms with Crippen molar-refractivity contribution in [1.29, 1.82) is 0 Å². The van der Waals surface area contributed by atoms with E-state index in [-0.39, 0.29) is 11.9 Å². The molecule has 2 atom stereocenters. The fourth-order valence-electron chi connectivity index (χ4n) is 2.03. The highest BCUT2D eigenvalue weighted by Gasteiger charge is 2.34. The lowest BCUT2D eigenvalue weighted by atomic mass is 10.3. The first-order valence-corrected chi connectivity index (χ1v) is 8.26. The van der Waals surface area contributed by atoms with E-state index in [9.17, 15) is 13.2 Å². The predicted molar refractivity (Wildman–Crippen MR) is 68.1 cm³/mol. The van der Waals surface area contributed by atoms with E-state index in [1.807, 2.05) is 0 Å². The van der Waals surface area contributed by atoms with E-state index in [2.05, 4.69) is 15.9 Å². The van der Waals surface area contributed by atoms with Crippen molar-refractivity contribution in [2.24, 2.45) is 0 Å². The van der Waals surface area contributed by atoms with Gasteiger partial charge in [0.25, 0.3) is 0 Å². The molecule has 1 aliphatic carbocycles. The Balaban J connectivity index is 1.94. The fraction of sp³-hybridized carbons (Fsp3) is 0.545. The van der Waals surface area contributed by atoms with Crippen LogP contribution in [0.4, 0.5) is 0 Å². The Morgan fingerprint density at radius 3 is 2.67 bits per heavy atom. The van der Waals surface area contributed by atoms with E-state index in [1.54, 1.807) is 6.07 Å². The Hall–Kier alpha value is -0.820. The Morgan fingerprint density at radius 1 is 1.44 bits per heavy atom. The Labute approximate surface area is 114 Å². The zero-order valence-corrected chi connectivity index (χ0v) is 12.2. The highest BCUT2D eigenvalue weighted by molar-refractivity contribution is 9.10. The van der Waals surface area contributed by atoms with Gasteiger partial charge in [0.05, 0.1) is 5.25 Å². The molecule has 0 N–H and O–H groups in total. The van der Waals surface area contributed by atoms with Crippen molar-refractivity contribution in [3.8, 4) is 0 Å². The van der Waals surface area contributed by atoms with Crippen LogP contribution in [-0.2, 0) is 14.6 Å². The maximum absolute atomic E-state index is 11.7. The van der Waals surface area contributed by atoms with Crippen LogP contribution in [-0.4, -0.2) is 32.0 Å². The molecule has 0 unspecified atom stereocenters. The van der Waals surface area contributed by atoms with Gasteiger partial charge in [-0.25, -0.2) is 13.2 Å². The van der Waals surface area contributed by atoms with E-state index in [4.69, 9.17) is 9.15 Å². The summed E-state index contributed by atoms with van der Waals surface area (Å²) in [5.41, 5.74) is 0. The molecule has 100 valence electrons. The number of hydrogen-bond acceptors (Lipinski definition) is 5. The summed E-state index contributed by atoms with van der Waals surface area (Å²) in [6.07, 6.45) is 2.35. The van der Waals surface area contributed by atoms with Crippen LogP contribution >= 0.6 is 15.9 Å². The van der Waals surface area contributed by atoms with Crippen LogP contribution in [0.2, 0.25) is 0 Å². The molecule has 0 aromatic carbocycles. The molecule has 1 fully saturated rings. The molecule has 1 aromatic rings. The number of halogens is 1. The fourth-order valence-corrected chi connectivity index (χ4v) is 3.47. The molecular weight excluding hydrogens is 324 g/mol. The molecular formula is C11H13BrO5S.